The van der Waals surface area contributed by atoms with Gasteiger partial charge in [0.25, 0.3) is 0 Å². The molecule has 0 atom stereocenters. The van der Waals surface area contributed by atoms with E-state index in [0.717, 1.165) is 96.8 Å². The Morgan fingerprint density at radius 3 is 1.34 bits per heavy atom. The van der Waals surface area contributed by atoms with Gasteiger partial charge in [-0.1, -0.05) is 97.1 Å². The van der Waals surface area contributed by atoms with Crippen LogP contribution in [0.4, 0.5) is 0 Å². The van der Waals surface area contributed by atoms with Crippen molar-refractivity contribution in [2.75, 3.05) is 6.61 Å². The third-order valence-electron chi connectivity index (χ3n) is 10.6. The van der Waals surface area contributed by atoms with E-state index in [1.54, 1.807) is 30.7 Å². The molecule has 0 aliphatic heterocycles. The number of aromatic amines is 3. The highest BCUT2D eigenvalue weighted by molar-refractivity contribution is 5.85. The molecule has 9 heteroatoms. The summed E-state index contributed by atoms with van der Waals surface area (Å²) in [7, 11) is 0. The average molecular weight is 839 g/mol. The van der Waals surface area contributed by atoms with E-state index in [1.807, 2.05) is 97.1 Å². The standard InChI is InChI=1S/C22H20N2O.C20H16N2O.C13H10N2O/c1-2-7-17(8-3-1)9-6-14-25-20-12-4-10-18(15-20)21-16-19-11-5-13-23-22(19)24-21;1-2-6-15(7-3-1)14-23-18-10-4-8-16(12-18)19-13-17-9-5-11-21-20(17)22-19;16-11-5-1-3-9(7-11)12-8-10-4-2-6-14-13(10)15-12/h1-5,7-8,10-13,15-16H,6,9,14H2,(H,23,24);1-13H,14H2,(H,21,22);1-8,16H,(H,14,15). The first kappa shape index (κ1) is 40.9. The Balaban J connectivity index is 0.000000124. The fourth-order valence-electron chi connectivity index (χ4n) is 7.37. The van der Waals surface area contributed by atoms with Crippen LogP contribution in [0.5, 0.6) is 17.2 Å². The Labute approximate surface area is 371 Å². The molecule has 314 valence electrons. The van der Waals surface area contributed by atoms with E-state index in [1.165, 1.54) is 5.56 Å². The second-order valence-electron chi connectivity index (χ2n) is 15.2. The zero-order valence-corrected chi connectivity index (χ0v) is 35.1. The second-order valence-corrected chi connectivity index (χ2v) is 15.2. The smallest absolute Gasteiger partial charge is 0.137 e. The maximum atomic E-state index is 9.42. The molecule has 11 rings (SSSR count). The summed E-state index contributed by atoms with van der Waals surface area (Å²) in [5, 5.41) is 12.7. The minimum atomic E-state index is 0.268. The number of aryl methyl sites for hydroxylation is 1. The Hall–Kier alpha value is -8.43. The molecule has 0 bridgehead atoms. The van der Waals surface area contributed by atoms with Gasteiger partial charge < -0.3 is 29.5 Å². The van der Waals surface area contributed by atoms with Crippen molar-refractivity contribution in [2.45, 2.75) is 19.4 Å². The number of nitrogens with zero attached hydrogens (tertiary/aromatic N) is 3. The maximum absolute atomic E-state index is 9.42. The molecule has 6 heterocycles. The van der Waals surface area contributed by atoms with Gasteiger partial charge in [-0.3, -0.25) is 0 Å². The predicted molar refractivity (Wildman–Crippen MR) is 257 cm³/mol. The number of rotatable bonds is 11. The number of pyridine rings is 3. The quantitative estimate of drug-likeness (QED) is 0.0962. The molecule has 0 saturated carbocycles. The van der Waals surface area contributed by atoms with E-state index in [4.69, 9.17) is 9.47 Å². The molecule has 11 aromatic rings. The number of benzene rings is 5. The van der Waals surface area contributed by atoms with Crippen LogP contribution in [0.25, 0.3) is 66.9 Å². The van der Waals surface area contributed by atoms with Gasteiger partial charge in [-0.25, -0.2) is 15.0 Å². The van der Waals surface area contributed by atoms with Crippen LogP contribution >= 0.6 is 0 Å². The topological polar surface area (TPSA) is 125 Å². The maximum Gasteiger partial charge on any atom is 0.137 e. The van der Waals surface area contributed by atoms with Crippen molar-refractivity contribution in [3.05, 3.63) is 218 Å². The van der Waals surface area contributed by atoms with Crippen molar-refractivity contribution in [3.8, 4) is 51.0 Å². The lowest BCUT2D eigenvalue weighted by Crippen LogP contribution is -1.99. The lowest BCUT2D eigenvalue weighted by atomic mass is 10.1. The zero-order valence-electron chi connectivity index (χ0n) is 35.1. The van der Waals surface area contributed by atoms with Crippen molar-refractivity contribution in [3.63, 3.8) is 0 Å². The molecular formula is C55H46N6O3. The van der Waals surface area contributed by atoms with Crippen LogP contribution in [0.1, 0.15) is 17.5 Å². The Bertz CT molecular complexity index is 3110. The summed E-state index contributed by atoms with van der Waals surface area (Å²) in [6.45, 7) is 1.28. The number of aromatic nitrogens is 6. The third-order valence-corrected chi connectivity index (χ3v) is 10.6. The normalized spacial score (nSPS) is 10.8. The fraction of sp³-hybridized carbons (Fsp3) is 0.0727. The lowest BCUT2D eigenvalue weighted by Gasteiger charge is -2.08. The van der Waals surface area contributed by atoms with Gasteiger partial charge in [-0.15, -0.1) is 0 Å². The zero-order chi connectivity index (χ0) is 43.3. The first-order valence-electron chi connectivity index (χ1n) is 21.2. The Morgan fingerprint density at radius 2 is 0.859 bits per heavy atom. The van der Waals surface area contributed by atoms with E-state index < -0.39 is 0 Å². The van der Waals surface area contributed by atoms with Gasteiger partial charge in [-0.2, -0.15) is 0 Å². The van der Waals surface area contributed by atoms with Crippen LogP contribution < -0.4 is 9.47 Å². The molecule has 64 heavy (non-hydrogen) atoms. The van der Waals surface area contributed by atoms with Gasteiger partial charge in [0.2, 0.25) is 0 Å². The number of H-pyrrole nitrogens is 3. The summed E-state index contributed by atoms with van der Waals surface area (Å²) in [4.78, 5) is 22.8. The summed E-state index contributed by atoms with van der Waals surface area (Å²) in [6.07, 6.45) is 7.39. The van der Waals surface area contributed by atoms with Crippen LogP contribution in [0.2, 0.25) is 0 Å². The Morgan fingerprint density at radius 1 is 0.406 bits per heavy atom. The molecule has 0 unspecified atom stereocenters. The van der Waals surface area contributed by atoms with Crippen molar-refractivity contribution in [2.24, 2.45) is 0 Å². The van der Waals surface area contributed by atoms with Crippen LogP contribution in [-0.2, 0) is 13.0 Å². The highest BCUT2D eigenvalue weighted by atomic mass is 16.5. The molecule has 0 saturated heterocycles. The van der Waals surface area contributed by atoms with Crippen LogP contribution in [-0.4, -0.2) is 41.6 Å². The molecule has 9 nitrogen and oxygen atoms in total. The Kier molecular flexibility index (Phi) is 12.8. The van der Waals surface area contributed by atoms with Gasteiger partial charge in [0.05, 0.1) is 6.61 Å². The first-order valence-corrected chi connectivity index (χ1v) is 21.2. The van der Waals surface area contributed by atoms with Gasteiger partial charge in [-0.05, 0) is 115 Å². The van der Waals surface area contributed by atoms with Gasteiger partial charge >= 0.3 is 0 Å². The molecule has 0 aliphatic carbocycles. The molecule has 0 fully saturated rings. The largest absolute Gasteiger partial charge is 0.508 e. The predicted octanol–water partition coefficient (Wildman–Crippen LogP) is 13.0. The van der Waals surface area contributed by atoms with Crippen LogP contribution in [0.15, 0.2) is 207 Å². The molecule has 0 radical (unpaired) electrons. The first-order chi connectivity index (χ1) is 31.6. The molecular weight excluding hydrogens is 793 g/mol. The van der Waals surface area contributed by atoms with Crippen molar-refractivity contribution in [1.29, 1.82) is 0 Å². The number of phenolic OH excluding ortho intramolecular Hbond substituents is 1. The van der Waals surface area contributed by atoms with Crippen molar-refractivity contribution in [1.82, 2.24) is 29.9 Å². The molecule has 0 amide bonds. The van der Waals surface area contributed by atoms with E-state index >= 15 is 0 Å². The molecule has 0 spiro atoms. The summed E-state index contributed by atoms with van der Waals surface area (Å²) < 4.78 is 11.8. The average Bonchev–Trinajstić information content (AvgIpc) is 4.11. The monoisotopic (exact) mass is 838 g/mol. The number of hydrogen-bond donors (Lipinski definition) is 4. The molecule has 6 aromatic heterocycles. The van der Waals surface area contributed by atoms with Crippen molar-refractivity contribution >= 4 is 33.1 Å². The van der Waals surface area contributed by atoms with Crippen molar-refractivity contribution < 1.29 is 14.6 Å². The summed E-state index contributed by atoms with van der Waals surface area (Å²) >= 11 is 0. The van der Waals surface area contributed by atoms with Gasteiger partial charge in [0, 0.05) is 68.5 Å². The van der Waals surface area contributed by atoms with E-state index in [-0.39, 0.29) is 5.75 Å². The summed E-state index contributed by atoms with van der Waals surface area (Å²) in [5.41, 5.74) is 11.4. The minimum Gasteiger partial charge on any atom is -0.508 e. The van der Waals surface area contributed by atoms with E-state index in [0.29, 0.717) is 13.2 Å². The number of fused-ring (bicyclic) bond motifs is 3. The SMILES string of the molecule is Oc1cccc(-c2cc3cccnc3[nH]2)c1.c1ccc(CCCOc2cccc(-c3cc4cccnc4[nH]3)c2)cc1.c1ccc(COc2cccc(-c3cc4cccnc4[nH]3)c2)cc1. The fourth-order valence-corrected chi connectivity index (χ4v) is 7.37. The van der Waals surface area contributed by atoms with E-state index in [2.05, 4.69) is 109 Å². The lowest BCUT2D eigenvalue weighted by molar-refractivity contribution is 0.306. The van der Waals surface area contributed by atoms with E-state index in [9.17, 15) is 5.11 Å². The highest BCUT2D eigenvalue weighted by Crippen LogP contribution is 2.29. The number of ether oxygens (including phenoxy) is 2. The summed E-state index contributed by atoms with van der Waals surface area (Å²) in [6, 6.07) is 62.3. The van der Waals surface area contributed by atoms with Crippen LogP contribution in [0, 0.1) is 0 Å². The van der Waals surface area contributed by atoms with Gasteiger partial charge in [0.1, 0.15) is 40.8 Å². The molecule has 0 aliphatic rings. The highest BCUT2D eigenvalue weighted by Gasteiger charge is 2.08. The molecule has 4 N–H and O–H groups in total. The van der Waals surface area contributed by atoms with Gasteiger partial charge in [0.15, 0.2) is 0 Å². The number of hydrogen-bond acceptors (Lipinski definition) is 6. The number of phenols is 1. The molecule has 5 aromatic carbocycles. The minimum absolute atomic E-state index is 0.268. The third kappa shape index (κ3) is 10.5. The second kappa shape index (κ2) is 20.0. The summed E-state index contributed by atoms with van der Waals surface area (Å²) in [5.74, 6) is 2.03. The number of nitrogens with one attached hydrogen (secondary N) is 3. The van der Waals surface area contributed by atoms with Crippen LogP contribution in [0.3, 0.4) is 0 Å². The number of aromatic hydroxyl groups is 1.